The van der Waals surface area contributed by atoms with Crippen molar-refractivity contribution in [3.63, 3.8) is 0 Å². The maximum Gasteiger partial charge on any atom is 0.261 e. The number of aromatic nitrogens is 2. The molecule has 144 valence electrons. The third-order valence-electron chi connectivity index (χ3n) is 5.03. The summed E-state index contributed by atoms with van der Waals surface area (Å²) < 4.78 is 2.13. The Hall–Kier alpha value is -2.67. The number of aryl methyl sites for hydroxylation is 1. The van der Waals surface area contributed by atoms with Crippen LogP contribution in [-0.2, 0) is 11.3 Å². The average Bonchev–Trinajstić information content (AvgIpc) is 3.19. The van der Waals surface area contributed by atoms with Gasteiger partial charge in [0.15, 0.2) is 0 Å². The van der Waals surface area contributed by atoms with Crippen LogP contribution in [0.4, 0.5) is 11.4 Å². The molecule has 1 amide bonds. The van der Waals surface area contributed by atoms with Crippen molar-refractivity contribution in [1.82, 2.24) is 9.55 Å². The number of carbonyl (C=O) groups is 1. The van der Waals surface area contributed by atoms with Gasteiger partial charge in [0.1, 0.15) is 6.54 Å². The molecule has 2 aromatic carbocycles. The van der Waals surface area contributed by atoms with Crippen LogP contribution in [-0.4, -0.2) is 28.5 Å². The summed E-state index contributed by atoms with van der Waals surface area (Å²) in [7, 11) is 0. The molecule has 1 aromatic heterocycles. The molecule has 6 nitrogen and oxygen atoms in total. The number of hydrogen-bond donors (Lipinski definition) is 1. The molecule has 1 fully saturated rings. The fourth-order valence-electron chi connectivity index (χ4n) is 3.65. The monoisotopic (exact) mass is 440 g/mol. The highest BCUT2D eigenvalue weighted by atomic mass is 79.9. The summed E-state index contributed by atoms with van der Waals surface area (Å²) in [6, 6.07) is 11.3. The molecule has 0 unspecified atom stereocenters. The Morgan fingerprint density at radius 3 is 2.71 bits per heavy atom. The largest absolute Gasteiger partial charge is 0.371 e. The molecule has 4 rings (SSSR count). The van der Waals surface area contributed by atoms with E-state index in [1.54, 1.807) is 12.1 Å². The molecule has 0 spiro atoms. The summed E-state index contributed by atoms with van der Waals surface area (Å²) in [5, 5.41) is 3.36. The lowest BCUT2D eigenvalue weighted by molar-refractivity contribution is -0.116. The van der Waals surface area contributed by atoms with E-state index in [1.807, 2.05) is 18.2 Å². The van der Waals surface area contributed by atoms with E-state index in [-0.39, 0.29) is 18.0 Å². The molecular weight excluding hydrogens is 420 g/mol. The van der Waals surface area contributed by atoms with E-state index in [1.165, 1.54) is 29.4 Å². The minimum absolute atomic E-state index is 0.0821. The second-order valence-corrected chi connectivity index (χ2v) is 8.00. The van der Waals surface area contributed by atoms with Crippen LogP contribution in [0, 0.1) is 6.92 Å². The van der Waals surface area contributed by atoms with Gasteiger partial charge in [0.25, 0.3) is 5.56 Å². The standard InChI is InChI=1S/C21H21BrN4O2/c1-14-10-16(5-7-19(14)25-8-2-3-9-25)24-20(27)12-26-13-23-18-6-4-15(22)11-17(18)21(26)28/h4-7,10-11,13H,2-3,8-9,12H2,1H3,(H,24,27). The molecule has 0 radical (unpaired) electrons. The van der Waals surface area contributed by atoms with Crippen molar-refractivity contribution in [2.75, 3.05) is 23.3 Å². The number of anilines is 2. The van der Waals surface area contributed by atoms with Gasteiger partial charge in [-0.05, 0) is 61.7 Å². The maximum atomic E-state index is 12.6. The number of carbonyl (C=O) groups excluding carboxylic acids is 1. The van der Waals surface area contributed by atoms with Gasteiger partial charge < -0.3 is 10.2 Å². The van der Waals surface area contributed by atoms with Crippen LogP contribution in [0.25, 0.3) is 10.9 Å². The predicted octanol–water partition coefficient (Wildman–Crippen LogP) is 3.71. The molecule has 2 heterocycles. The first-order valence-electron chi connectivity index (χ1n) is 9.31. The van der Waals surface area contributed by atoms with Crippen LogP contribution in [0.5, 0.6) is 0 Å². The van der Waals surface area contributed by atoms with Crippen LogP contribution >= 0.6 is 15.9 Å². The topological polar surface area (TPSA) is 67.2 Å². The van der Waals surface area contributed by atoms with E-state index in [0.29, 0.717) is 10.9 Å². The average molecular weight is 441 g/mol. The zero-order chi connectivity index (χ0) is 19.7. The van der Waals surface area contributed by atoms with E-state index < -0.39 is 0 Å². The smallest absolute Gasteiger partial charge is 0.261 e. The molecular formula is C21H21BrN4O2. The second kappa shape index (κ2) is 7.75. The Kier molecular flexibility index (Phi) is 5.17. The Bertz CT molecular complexity index is 1100. The van der Waals surface area contributed by atoms with E-state index in [4.69, 9.17) is 0 Å². The number of hydrogen-bond acceptors (Lipinski definition) is 4. The fraction of sp³-hybridized carbons (Fsp3) is 0.286. The van der Waals surface area contributed by atoms with Crippen molar-refractivity contribution >= 4 is 44.1 Å². The number of amides is 1. The first-order chi connectivity index (χ1) is 13.5. The van der Waals surface area contributed by atoms with Gasteiger partial charge >= 0.3 is 0 Å². The summed E-state index contributed by atoms with van der Waals surface area (Å²) in [5.74, 6) is -0.258. The van der Waals surface area contributed by atoms with E-state index in [9.17, 15) is 9.59 Å². The lowest BCUT2D eigenvalue weighted by Gasteiger charge is -2.20. The van der Waals surface area contributed by atoms with Crippen LogP contribution in [0.15, 0.2) is 52.0 Å². The maximum absolute atomic E-state index is 12.6. The quantitative estimate of drug-likeness (QED) is 0.671. The van der Waals surface area contributed by atoms with Crippen molar-refractivity contribution in [3.05, 3.63) is 63.1 Å². The molecule has 1 saturated heterocycles. The lowest BCUT2D eigenvalue weighted by atomic mass is 10.1. The lowest BCUT2D eigenvalue weighted by Crippen LogP contribution is -2.28. The Balaban J connectivity index is 1.50. The molecule has 0 saturated carbocycles. The van der Waals surface area contributed by atoms with Gasteiger partial charge in [0.2, 0.25) is 5.91 Å². The Morgan fingerprint density at radius 2 is 1.96 bits per heavy atom. The van der Waals surface area contributed by atoms with E-state index in [2.05, 4.69) is 44.1 Å². The third kappa shape index (κ3) is 3.80. The van der Waals surface area contributed by atoms with Crippen molar-refractivity contribution < 1.29 is 4.79 Å². The van der Waals surface area contributed by atoms with Gasteiger partial charge in [-0.15, -0.1) is 0 Å². The number of rotatable bonds is 4. The highest BCUT2D eigenvalue weighted by Crippen LogP contribution is 2.26. The minimum atomic E-state index is -0.258. The van der Waals surface area contributed by atoms with Crippen molar-refractivity contribution in [1.29, 1.82) is 0 Å². The molecule has 0 aliphatic carbocycles. The van der Waals surface area contributed by atoms with Crippen molar-refractivity contribution in [2.24, 2.45) is 0 Å². The molecule has 0 atom stereocenters. The molecule has 0 bridgehead atoms. The van der Waals surface area contributed by atoms with Crippen molar-refractivity contribution in [2.45, 2.75) is 26.3 Å². The molecule has 1 aliphatic heterocycles. The van der Waals surface area contributed by atoms with Gasteiger partial charge in [0.05, 0.1) is 17.2 Å². The summed E-state index contributed by atoms with van der Waals surface area (Å²) >= 11 is 3.36. The van der Waals surface area contributed by atoms with Gasteiger partial charge in [-0.2, -0.15) is 0 Å². The normalized spacial score (nSPS) is 13.9. The number of nitrogens with one attached hydrogen (secondary N) is 1. The summed E-state index contributed by atoms with van der Waals surface area (Å²) in [4.78, 5) is 31.7. The second-order valence-electron chi connectivity index (χ2n) is 7.08. The zero-order valence-electron chi connectivity index (χ0n) is 15.6. The minimum Gasteiger partial charge on any atom is -0.371 e. The molecule has 28 heavy (non-hydrogen) atoms. The predicted molar refractivity (Wildman–Crippen MR) is 115 cm³/mol. The first kappa shape index (κ1) is 18.7. The summed E-state index contributed by atoms with van der Waals surface area (Å²) in [5.41, 5.74) is 3.46. The Labute approximate surface area is 171 Å². The van der Waals surface area contributed by atoms with Crippen LogP contribution in [0.2, 0.25) is 0 Å². The van der Waals surface area contributed by atoms with Crippen LogP contribution in [0.3, 0.4) is 0 Å². The number of benzene rings is 2. The fourth-order valence-corrected chi connectivity index (χ4v) is 4.01. The summed E-state index contributed by atoms with van der Waals surface area (Å²) in [6.07, 6.45) is 3.87. The Morgan fingerprint density at radius 1 is 1.18 bits per heavy atom. The van der Waals surface area contributed by atoms with Crippen LogP contribution in [0.1, 0.15) is 18.4 Å². The van der Waals surface area contributed by atoms with Crippen molar-refractivity contribution in [3.8, 4) is 0 Å². The van der Waals surface area contributed by atoms with Gasteiger partial charge in [0, 0.05) is 28.9 Å². The van der Waals surface area contributed by atoms with Gasteiger partial charge in [-0.25, -0.2) is 4.98 Å². The first-order valence-corrected chi connectivity index (χ1v) is 10.1. The summed E-state index contributed by atoms with van der Waals surface area (Å²) in [6.45, 7) is 4.14. The third-order valence-corrected chi connectivity index (χ3v) is 5.52. The van der Waals surface area contributed by atoms with Gasteiger partial charge in [-0.3, -0.25) is 14.2 Å². The van der Waals surface area contributed by atoms with Gasteiger partial charge in [-0.1, -0.05) is 15.9 Å². The van der Waals surface area contributed by atoms with E-state index >= 15 is 0 Å². The zero-order valence-corrected chi connectivity index (χ0v) is 17.2. The number of nitrogens with zero attached hydrogens (tertiary/aromatic N) is 3. The molecule has 3 aromatic rings. The molecule has 7 heteroatoms. The van der Waals surface area contributed by atoms with Crippen LogP contribution < -0.4 is 15.8 Å². The molecule has 1 aliphatic rings. The highest BCUT2D eigenvalue weighted by molar-refractivity contribution is 9.10. The highest BCUT2D eigenvalue weighted by Gasteiger charge is 2.15. The molecule has 1 N–H and O–H groups in total. The number of fused-ring (bicyclic) bond motifs is 1. The van der Waals surface area contributed by atoms with E-state index in [0.717, 1.165) is 28.8 Å². The number of halogens is 1. The SMILES string of the molecule is Cc1cc(NC(=O)Cn2cnc3ccc(Br)cc3c2=O)ccc1N1CCCC1.